The summed E-state index contributed by atoms with van der Waals surface area (Å²) in [6.07, 6.45) is 2.32. The van der Waals surface area contributed by atoms with Crippen LogP contribution in [-0.4, -0.2) is 11.4 Å². The highest BCUT2D eigenvalue weighted by Crippen LogP contribution is 2.50. The lowest BCUT2D eigenvalue weighted by atomic mass is 9.65. The monoisotopic (exact) mass is 379 g/mol. The van der Waals surface area contributed by atoms with E-state index in [-0.39, 0.29) is 11.3 Å². The third-order valence-electron chi connectivity index (χ3n) is 5.55. The standard InChI is InChI=1S/C23H22ClNO2/c1-22(2)15-23(3,16-10-12-17(24)13-11-16)18-7-4-5-8-19(18)25(22)21(26)20-9-6-14-27-20/h4-14H,15H2,1-3H3/t23-/m1/s1. The number of carbonyl (C=O) groups excluding carboxylic acids is 1. The Labute approximate surface area is 164 Å². The molecule has 2 aromatic carbocycles. The molecular formula is C23H22ClNO2. The highest BCUT2D eigenvalue weighted by molar-refractivity contribution is 6.30. The molecule has 0 saturated carbocycles. The van der Waals surface area contributed by atoms with Crippen molar-refractivity contribution in [2.45, 2.75) is 38.1 Å². The molecule has 1 amide bonds. The van der Waals surface area contributed by atoms with Crippen molar-refractivity contribution < 1.29 is 9.21 Å². The fraction of sp³-hybridized carbons (Fsp3) is 0.261. The third kappa shape index (κ3) is 2.87. The van der Waals surface area contributed by atoms with Gasteiger partial charge in [-0.1, -0.05) is 48.9 Å². The topological polar surface area (TPSA) is 33.5 Å². The molecule has 1 aliphatic rings. The first kappa shape index (κ1) is 17.9. The molecule has 27 heavy (non-hydrogen) atoms. The summed E-state index contributed by atoms with van der Waals surface area (Å²) in [5.41, 5.74) is 2.62. The minimum absolute atomic E-state index is 0.115. The normalized spacial score (nSPS) is 21.0. The molecule has 0 saturated heterocycles. The van der Waals surface area contributed by atoms with Crippen LogP contribution in [0.4, 0.5) is 5.69 Å². The van der Waals surface area contributed by atoms with Crippen molar-refractivity contribution in [3.8, 4) is 0 Å². The van der Waals surface area contributed by atoms with Gasteiger partial charge < -0.3 is 4.42 Å². The number of anilines is 1. The van der Waals surface area contributed by atoms with Crippen LogP contribution in [0.3, 0.4) is 0 Å². The van der Waals surface area contributed by atoms with Gasteiger partial charge in [-0.3, -0.25) is 9.69 Å². The van der Waals surface area contributed by atoms with E-state index < -0.39 is 5.54 Å². The van der Waals surface area contributed by atoms with Crippen LogP contribution in [0.1, 0.15) is 48.9 Å². The highest BCUT2D eigenvalue weighted by atomic mass is 35.5. The quantitative estimate of drug-likeness (QED) is 0.541. The highest BCUT2D eigenvalue weighted by Gasteiger charge is 2.48. The van der Waals surface area contributed by atoms with Gasteiger partial charge >= 0.3 is 0 Å². The summed E-state index contributed by atoms with van der Waals surface area (Å²) < 4.78 is 5.40. The van der Waals surface area contributed by atoms with Crippen molar-refractivity contribution in [1.82, 2.24) is 0 Å². The molecule has 0 bridgehead atoms. The lowest BCUT2D eigenvalue weighted by molar-refractivity contribution is 0.0921. The Kier molecular flexibility index (Phi) is 4.15. The zero-order valence-electron chi connectivity index (χ0n) is 15.7. The molecule has 0 spiro atoms. The fourth-order valence-electron chi connectivity index (χ4n) is 4.47. The predicted molar refractivity (Wildman–Crippen MR) is 109 cm³/mol. The Morgan fingerprint density at radius 2 is 1.70 bits per heavy atom. The van der Waals surface area contributed by atoms with E-state index in [4.69, 9.17) is 16.0 Å². The smallest absolute Gasteiger partial charge is 0.294 e. The van der Waals surface area contributed by atoms with Crippen molar-refractivity contribution in [2.75, 3.05) is 4.90 Å². The van der Waals surface area contributed by atoms with Gasteiger partial charge in [0.05, 0.1) is 6.26 Å². The summed E-state index contributed by atoms with van der Waals surface area (Å²) in [6, 6.07) is 19.6. The molecule has 138 valence electrons. The molecule has 0 unspecified atom stereocenters. The lowest BCUT2D eigenvalue weighted by Crippen LogP contribution is -2.55. The van der Waals surface area contributed by atoms with Crippen molar-refractivity contribution >= 4 is 23.2 Å². The van der Waals surface area contributed by atoms with Gasteiger partial charge in [0.2, 0.25) is 0 Å². The molecule has 1 aliphatic heterocycles. The molecule has 1 aromatic heterocycles. The number of rotatable bonds is 2. The third-order valence-corrected chi connectivity index (χ3v) is 5.80. The first-order valence-corrected chi connectivity index (χ1v) is 9.44. The van der Waals surface area contributed by atoms with E-state index in [0.717, 1.165) is 22.7 Å². The summed E-state index contributed by atoms with van der Waals surface area (Å²) in [7, 11) is 0. The maximum Gasteiger partial charge on any atom is 0.294 e. The average molecular weight is 380 g/mol. The molecule has 0 N–H and O–H groups in total. The molecule has 3 aromatic rings. The van der Waals surface area contributed by atoms with Crippen LogP contribution in [0.25, 0.3) is 0 Å². The number of fused-ring (bicyclic) bond motifs is 1. The molecule has 0 radical (unpaired) electrons. The molecule has 4 rings (SSSR count). The minimum atomic E-state index is -0.396. The lowest BCUT2D eigenvalue weighted by Gasteiger charge is -2.51. The van der Waals surface area contributed by atoms with Crippen LogP contribution in [0, 0.1) is 0 Å². The van der Waals surface area contributed by atoms with Crippen LogP contribution in [-0.2, 0) is 5.41 Å². The van der Waals surface area contributed by atoms with Crippen LogP contribution in [0.2, 0.25) is 5.02 Å². The van der Waals surface area contributed by atoms with Gasteiger partial charge in [0.1, 0.15) is 0 Å². The number of para-hydroxylation sites is 1. The van der Waals surface area contributed by atoms with E-state index in [2.05, 4.69) is 39.0 Å². The van der Waals surface area contributed by atoms with Crippen molar-refractivity contribution in [2.24, 2.45) is 0 Å². The molecule has 0 fully saturated rings. The van der Waals surface area contributed by atoms with E-state index in [9.17, 15) is 4.79 Å². The zero-order chi connectivity index (χ0) is 19.2. The van der Waals surface area contributed by atoms with Gasteiger partial charge in [-0.05, 0) is 61.7 Å². The summed E-state index contributed by atoms with van der Waals surface area (Å²) in [5, 5.41) is 0.723. The van der Waals surface area contributed by atoms with E-state index in [0.29, 0.717) is 5.76 Å². The summed E-state index contributed by atoms with van der Waals surface area (Å²) in [4.78, 5) is 15.1. The second-order valence-electron chi connectivity index (χ2n) is 7.96. The van der Waals surface area contributed by atoms with Gasteiger partial charge in [0, 0.05) is 21.7 Å². The SMILES string of the molecule is CC1(C)C[C@](C)(c2ccc(Cl)cc2)c2ccccc2N1C(=O)c1ccco1. The number of nitrogens with zero attached hydrogens (tertiary/aromatic N) is 1. The number of carbonyl (C=O) groups is 1. The number of hydrogen-bond acceptors (Lipinski definition) is 2. The predicted octanol–water partition coefficient (Wildman–Crippen LogP) is 6.07. The fourth-order valence-corrected chi connectivity index (χ4v) is 4.60. The number of amides is 1. The largest absolute Gasteiger partial charge is 0.459 e. The van der Waals surface area contributed by atoms with Crippen LogP contribution >= 0.6 is 11.6 Å². The number of furan rings is 1. The van der Waals surface area contributed by atoms with Gasteiger partial charge in [-0.25, -0.2) is 0 Å². The summed E-state index contributed by atoms with van der Waals surface area (Å²) in [5.74, 6) is 0.239. The zero-order valence-corrected chi connectivity index (χ0v) is 16.5. The molecule has 4 heteroatoms. The Bertz CT molecular complexity index is 976. The van der Waals surface area contributed by atoms with Crippen LogP contribution in [0.15, 0.2) is 71.3 Å². The second-order valence-corrected chi connectivity index (χ2v) is 8.40. The molecule has 3 nitrogen and oxygen atoms in total. The molecule has 2 heterocycles. The van der Waals surface area contributed by atoms with Crippen molar-refractivity contribution in [3.05, 3.63) is 88.8 Å². The van der Waals surface area contributed by atoms with E-state index in [1.54, 1.807) is 12.1 Å². The average Bonchev–Trinajstić information content (AvgIpc) is 3.16. The summed E-state index contributed by atoms with van der Waals surface area (Å²) >= 11 is 6.11. The number of halogens is 1. The van der Waals surface area contributed by atoms with Gasteiger partial charge in [0.25, 0.3) is 5.91 Å². The first-order chi connectivity index (χ1) is 12.8. The Morgan fingerprint density at radius 1 is 1.00 bits per heavy atom. The second kappa shape index (κ2) is 6.28. The number of benzene rings is 2. The summed E-state index contributed by atoms with van der Waals surface area (Å²) in [6.45, 7) is 6.46. The van der Waals surface area contributed by atoms with Gasteiger partial charge in [-0.15, -0.1) is 0 Å². The van der Waals surface area contributed by atoms with E-state index >= 15 is 0 Å². The Balaban J connectivity index is 1.90. The minimum Gasteiger partial charge on any atom is -0.459 e. The Morgan fingerprint density at radius 3 is 2.37 bits per heavy atom. The molecular weight excluding hydrogens is 358 g/mol. The molecule has 0 aliphatic carbocycles. The van der Waals surface area contributed by atoms with Crippen molar-refractivity contribution in [1.29, 1.82) is 0 Å². The van der Waals surface area contributed by atoms with Gasteiger partial charge in [-0.2, -0.15) is 0 Å². The number of hydrogen-bond donors (Lipinski definition) is 0. The van der Waals surface area contributed by atoms with Crippen molar-refractivity contribution in [3.63, 3.8) is 0 Å². The van der Waals surface area contributed by atoms with E-state index in [1.807, 2.05) is 35.2 Å². The Hall–Kier alpha value is -2.52. The first-order valence-electron chi connectivity index (χ1n) is 9.06. The van der Waals surface area contributed by atoms with E-state index in [1.165, 1.54) is 11.8 Å². The van der Waals surface area contributed by atoms with Crippen LogP contribution in [0.5, 0.6) is 0 Å². The van der Waals surface area contributed by atoms with Crippen LogP contribution < -0.4 is 4.90 Å². The maximum absolute atomic E-state index is 13.2. The maximum atomic E-state index is 13.2. The molecule has 1 atom stereocenters. The van der Waals surface area contributed by atoms with Gasteiger partial charge in [0.15, 0.2) is 5.76 Å².